The van der Waals surface area contributed by atoms with Crippen LogP contribution in [0, 0.1) is 6.92 Å². The monoisotopic (exact) mass is 231 g/mol. The summed E-state index contributed by atoms with van der Waals surface area (Å²) in [4.78, 5) is 14.1. The molecule has 1 aliphatic rings. The van der Waals surface area contributed by atoms with E-state index in [-0.39, 0.29) is 0 Å². The third kappa shape index (κ3) is 2.51. The Bertz CT molecular complexity index is 400. The van der Waals surface area contributed by atoms with E-state index in [4.69, 9.17) is 0 Å². The fourth-order valence-corrected chi connectivity index (χ4v) is 2.71. The molecule has 1 aromatic carbocycles. The van der Waals surface area contributed by atoms with Crippen LogP contribution in [0.3, 0.4) is 0 Å². The van der Waals surface area contributed by atoms with Gasteiger partial charge in [0.25, 0.3) is 0 Å². The van der Waals surface area contributed by atoms with Crippen molar-refractivity contribution in [1.82, 2.24) is 4.90 Å². The number of rotatable bonds is 3. The quantitative estimate of drug-likeness (QED) is 0.780. The van der Waals surface area contributed by atoms with Crippen molar-refractivity contribution in [2.24, 2.45) is 0 Å². The predicted molar refractivity (Wildman–Crippen MR) is 69.8 cm³/mol. The maximum atomic E-state index is 12.1. The average molecular weight is 231 g/mol. The minimum Gasteiger partial charge on any atom is -0.336 e. The number of hydrogen-bond donors (Lipinski definition) is 0. The molecule has 1 saturated heterocycles. The van der Waals surface area contributed by atoms with Gasteiger partial charge in [-0.2, -0.15) is 0 Å². The molecule has 0 radical (unpaired) electrons. The zero-order valence-corrected chi connectivity index (χ0v) is 10.8. The van der Waals surface area contributed by atoms with Gasteiger partial charge in [0.2, 0.25) is 5.91 Å². The molecule has 1 atom stereocenters. The Hall–Kier alpha value is -1.31. The van der Waals surface area contributed by atoms with Crippen molar-refractivity contribution in [2.75, 3.05) is 6.54 Å². The van der Waals surface area contributed by atoms with Crippen LogP contribution in [0.4, 0.5) is 0 Å². The van der Waals surface area contributed by atoms with Crippen molar-refractivity contribution in [1.29, 1.82) is 0 Å². The largest absolute Gasteiger partial charge is 0.336 e. The van der Waals surface area contributed by atoms with E-state index in [0.717, 1.165) is 25.8 Å². The van der Waals surface area contributed by atoms with Gasteiger partial charge in [0.1, 0.15) is 0 Å². The molecule has 1 aromatic rings. The van der Waals surface area contributed by atoms with Crippen molar-refractivity contribution >= 4 is 5.91 Å². The van der Waals surface area contributed by atoms with E-state index in [9.17, 15) is 4.79 Å². The van der Waals surface area contributed by atoms with Gasteiger partial charge in [-0.1, -0.05) is 31.2 Å². The van der Waals surface area contributed by atoms with E-state index in [1.165, 1.54) is 11.1 Å². The molecule has 92 valence electrons. The topological polar surface area (TPSA) is 20.3 Å². The van der Waals surface area contributed by atoms with Crippen LogP contribution in [-0.2, 0) is 4.79 Å². The molecule has 17 heavy (non-hydrogen) atoms. The second kappa shape index (κ2) is 5.35. The molecule has 2 heteroatoms. The maximum Gasteiger partial charge on any atom is 0.223 e. The van der Waals surface area contributed by atoms with Crippen LogP contribution in [0.25, 0.3) is 0 Å². The molecule has 1 fully saturated rings. The number of aryl methyl sites for hydroxylation is 1. The Labute approximate surface area is 104 Å². The number of amides is 1. The lowest BCUT2D eigenvalue weighted by Crippen LogP contribution is -2.30. The third-order valence-corrected chi connectivity index (χ3v) is 3.58. The van der Waals surface area contributed by atoms with Crippen molar-refractivity contribution < 1.29 is 4.79 Å². The Morgan fingerprint density at radius 1 is 1.41 bits per heavy atom. The number of benzene rings is 1. The van der Waals surface area contributed by atoms with Crippen molar-refractivity contribution in [3.05, 3.63) is 35.4 Å². The zero-order chi connectivity index (χ0) is 12.3. The smallest absolute Gasteiger partial charge is 0.223 e. The molecule has 0 bridgehead atoms. The molecular weight excluding hydrogens is 210 g/mol. The Morgan fingerprint density at radius 3 is 2.88 bits per heavy atom. The first-order valence-electron chi connectivity index (χ1n) is 6.59. The minimum absolute atomic E-state index is 0.315. The highest BCUT2D eigenvalue weighted by atomic mass is 16.2. The van der Waals surface area contributed by atoms with Gasteiger partial charge in [-0.3, -0.25) is 4.79 Å². The molecule has 2 rings (SSSR count). The Balaban J connectivity index is 2.20. The van der Waals surface area contributed by atoms with Gasteiger partial charge < -0.3 is 4.90 Å². The molecule has 0 N–H and O–H groups in total. The summed E-state index contributed by atoms with van der Waals surface area (Å²) >= 11 is 0. The Morgan fingerprint density at radius 2 is 2.18 bits per heavy atom. The van der Waals surface area contributed by atoms with Gasteiger partial charge >= 0.3 is 0 Å². The van der Waals surface area contributed by atoms with E-state index in [0.29, 0.717) is 18.4 Å². The fraction of sp³-hybridized carbons (Fsp3) is 0.533. The highest BCUT2D eigenvalue weighted by Gasteiger charge is 2.29. The second-order valence-corrected chi connectivity index (χ2v) is 4.85. The van der Waals surface area contributed by atoms with E-state index in [1.807, 2.05) is 0 Å². The standard InChI is InChI=1S/C15H21NO/c1-3-7-15(17)16-11-6-10-14(16)13-9-5-4-8-12(13)2/h4-5,8-9,14H,3,6-7,10-11H2,1-2H3. The van der Waals surface area contributed by atoms with Crippen LogP contribution in [-0.4, -0.2) is 17.4 Å². The van der Waals surface area contributed by atoms with Gasteiger partial charge in [0, 0.05) is 13.0 Å². The molecule has 0 aromatic heterocycles. The lowest BCUT2D eigenvalue weighted by molar-refractivity contribution is -0.132. The van der Waals surface area contributed by atoms with Crippen LogP contribution in [0.15, 0.2) is 24.3 Å². The normalized spacial score (nSPS) is 19.6. The SMILES string of the molecule is CCCC(=O)N1CCCC1c1ccccc1C. The van der Waals surface area contributed by atoms with Gasteiger partial charge in [-0.15, -0.1) is 0 Å². The van der Waals surface area contributed by atoms with E-state index < -0.39 is 0 Å². The highest BCUT2D eigenvalue weighted by molar-refractivity contribution is 5.77. The molecule has 0 aliphatic carbocycles. The van der Waals surface area contributed by atoms with Crippen molar-refractivity contribution in [2.45, 2.75) is 45.6 Å². The Kier molecular flexibility index (Phi) is 3.82. The molecule has 1 amide bonds. The highest BCUT2D eigenvalue weighted by Crippen LogP contribution is 2.34. The summed E-state index contributed by atoms with van der Waals surface area (Å²) in [6.07, 6.45) is 3.87. The lowest BCUT2D eigenvalue weighted by atomic mass is 9.99. The second-order valence-electron chi connectivity index (χ2n) is 4.85. The van der Waals surface area contributed by atoms with E-state index in [2.05, 4.69) is 43.0 Å². The summed E-state index contributed by atoms with van der Waals surface area (Å²) in [6.45, 7) is 5.13. The summed E-state index contributed by atoms with van der Waals surface area (Å²) in [6, 6.07) is 8.75. The number of nitrogens with zero attached hydrogens (tertiary/aromatic N) is 1. The number of likely N-dealkylation sites (tertiary alicyclic amines) is 1. The molecule has 1 aliphatic heterocycles. The van der Waals surface area contributed by atoms with Gasteiger partial charge in [-0.25, -0.2) is 0 Å². The first kappa shape index (κ1) is 12.2. The average Bonchev–Trinajstić information content (AvgIpc) is 2.79. The van der Waals surface area contributed by atoms with Gasteiger partial charge in [-0.05, 0) is 37.3 Å². The molecule has 1 unspecified atom stereocenters. The van der Waals surface area contributed by atoms with Gasteiger partial charge in [0.05, 0.1) is 6.04 Å². The van der Waals surface area contributed by atoms with Crippen LogP contribution >= 0.6 is 0 Å². The lowest BCUT2D eigenvalue weighted by Gasteiger charge is -2.26. The van der Waals surface area contributed by atoms with Crippen LogP contribution < -0.4 is 0 Å². The predicted octanol–water partition coefficient (Wildman–Crippen LogP) is 3.46. The van der Waals surface area contributed by atoms with Crippen LogP contribution in [0.1, 0.15) is 49.8 Å². The number of hydrogen-bond acceptors (Lipinski definition) is 1. The zero-order valence-electron chi connectivity index (χ0n) is 10.8. The van der Waals surface area contributed by atoms with E-state index >= 15 is 0 Å². The summed E-state index contributed by atoms with van der Waals surface area (Å²) in [5, 5.41) is 0. The molecule has 0 spiro atoms. The summed E-state index contributed by atoms with van der Waals surface area (Å²) in [5.41, 5.74) is 2.63. The first-order chi connectivity index (χ1) is 8.24. The van der Waals surface area contributed by atoms with Gasteiger partial charge in [0.15, 0.2) is 0 Å². The number of carbonyl (C=O) groups is 1. The number of carbonyl (C=O) groups excluding carboxylic acids is 1. The van der Waals surface area contributed by atoms with Crippen LogP contribution in [0.2, 0.25) is 0 Å². The summed E-state index contributed by atoms with van der Waals surface area (Å²) in [5.74, 6) is 0.318. The minimum atomic E-state index is 0.315. The summed E-state index contributed by atoms with van der Waals surface area (Å²) in [7, 11) is 0. The molecule has 0 saturated carbocycles. The summed E-state index contributed by atoms with van der Waals surface area (Å²) < 4.78 is 0. The molecule has 1 heterocycles. The third-order valence-electron chi connectivity index (χ3n) is 3.58. The van der Waals surface area contributed by atoms with Crippen LogP contribution in [0.5, 0.6) is 0 Å². The first-order valence-corrected chi connectivity index (χ1v) is 6.59. The molecular formula is C15H21NO. The van der Waals surface area contributed by atoms with E-state index in [1.54, 1.807) is 0 Å². The maximum absolute atomic E-state index is 12.1. The van der Waals surface area contributed by atoms with Crippen molar-refractivity contribution in [3.8, 4) is 0 Å². The fourth-order valence-electron chi connectivity index (χ4n) is 2.71. The van der Waals surface area contributed by atoms with Crippen molar-refractivity contribution in [3.63, 3.8) is 0 Å². The molecule has 2 nitrogen and oxygen atoms in total.